The fourth-order valence-corrected chi connectivity index (χ4v) is 2.56. The maximum absolute atomic E-state index is 4.78. The minimum atomic E-state index is 0.702. The normalized spacial score (nSPS) is 14.6. The molecule has 0 aliphatic heterocycles. The first-order valence-electron chi connectivity index (χ1n) is 7.98. The van der Waals surface area contributed by atoms with Crippen LogP contribution in [0.5, 0.6) is 0 Å². The maximum atomic E-state index is 4.78. The number of nitrogens with zero attached hydrogens (tertiary/aromatic N) is 3. The first-order valence-corrected chi connectivity index (χ1v) is 7.98. The smallest absolute Gasteiger partial charge is 0.0727 e. The summed E-state index contributed by atoms with van der Waals surface area (Å²) >= 11 is 0. The van der Waals surface area contributed by atoms with Crippen LogP contribution in [0.2, 0.25) is 0 Å². The third-order valence-corrected chi connectivity index (χ3v) is 4.04. The van der Waals surface area contributed by atoms with Crippen molar-refractivity contribution >= 4 is 0 Å². The average molecular weight is 284 g/mol. The molecular formula is C17H24N4. The second-order valence-electron chi connectivity index (χ2n) is 5.86. The van der Waals surface area contributed by atoms with Crippen molar-refractivity contribution in [3.63, 3.8) is 0 Å². The molecule has 112 valence electrons. The van der Waals surface area contributed by atoms with Crippen LogP contribution in [0.4, 0.5) is 0 Å². The Kier molecular flexibility index (Phi) is 4.06. The maximum Gasteiger partial charge on any atom is 0.0727 e. The zero-order chi connectivity index (χ0) is 14.8. The molecule has 1 saturated carbocycles. The number of nitrogens with one attached hydrogen (secondary N) is 1. The Morgan fingerprint density at radius 3 is 2.71 bits per heavy atom. The lowest BCUT2D eigenvalue weighted by Crippen LogP contribution is -2.18. The van der Waals surface area contributed by atoms with Gasteiger partial charge in [-0.15, -0.1) is 0 Å². The van der Waals surface area contributed by atoms with Gasteiger partial charge >= 0.3 is 0 Å². The number of aryl methyl sites for hydroxylation is 3. The highest BCUT2D eigenvalue weighted by molar-refractivity contribution is 5.42. The van der Waals surface area contributed by atoms with Crippen molar-refractivity contribution in [3.8, 4) is 5.69 Å². The average Bonchev–Trinajstić information content (AvgIpc) is 3.23. The van der Waals surface area contributed by atoms with Crippen LogP contribution in [0.1, 0.15) is 49.3 Å². The highest BCUT2D eigenvalue weighted by Gasteiger charge is 2.21. The molecule has 1 N–H and O–H groups in total. The number of hydrogen-bond donors (Lipinski definition) is 1. The Labute approximate surface area is 126 Å². The summed E-state index contributed by atoms with van der Waals surface area (Å²) in [6.45, 7) is 7.25. The van der Waals surface area contributed by atoms with Crippen molar-refractivity contribution in [2.45, 2.75) is 59.0 Å². The van der Waals surface area contributed by atoms with Crippen molar-refractivity contribution in [2.24, 2.45) is 0 Å². The third-order valence-electron chi connectivity index (χ3n) is 4.04. The van der Waals surface area contributed by atoms with E-state index in [2.05, 4.69) is 41.0 Å². The molecule has 2 aromatic heterocycles. The van der Waals surface area contributed by atoms with Crippen molar-refractivity contribution in [3.05, 3.63) is 41.0 Å². The van der Waals surface area contributed by atoms with Gasteiger partial charge in [0.15, 0.2) is 0 Å². The lowest BCUT2D eigenvalue weighted by molar-refractivity contribution is 0.674. The molecule has 0 amide bonds. The summed E-state index contributed by atoms with van der Waals surface area (Å²) in [5, 5.41) is 8.36. The highest BCUT2D eigenvalue weighted by atomic mass is 15.3. The van der Waals surface area contributed by atoms with Gasteiger partial charge in [-0.1, -0.05) is 13.8 Å². The lowest BCUT2D eigenvalue weighted by Gasteiger charge is -2.13. The Hall–Kier alpha value is -1.68. The predicted molar refractivity (Wildman–Crippen MR) is 84.7 cm³/mol. The Morgan fingerprint density at radius 1 is 1.24 bits per heavy atom. The molecule has 0 spiro atoms. The lowest BCUT2D eigenvalue weighted by atomic mass is 10.2. The van der Waals surface area contributed by atoms with Crippen molar-refractivity contribution in [2.75, 3.05) is 0 Å². The van der Waals surface area contributed by atoms with E-state index in [-0.39, 0.29) is 0 Å². The third kappa shape index (κ3) is 3.16. The minimum absolute atomic E-state index is 0.702. The summed E-state index contributed by atoms with van der Waals surface area (Å²) in [6.07, 6.45) is 6.56. The quantitative estimate of drug-likeness (QED) is 0.887. The van der Waals surface area contributed by atoms with Gasteiger partial charge < -0.3 is 5.32 Å². The second kappa shape index (κ2) is 5.98. The van der Waals surface area contributed by atoms with Crippen LogP contribution in [0.25, 0.3) is 5.69 Å². The van der Waals surface area contributed by atoms with Gasteiger partial charge in [0.1, 0.15) is 0 Å². The summed E-state index contributed by atoms with van der Waals surface area (Å²) < 4.78 is 2.11. The molecule has 4 heteroatoms. The van der Waals surface area contributed by atoms with E-state index in [4.69, 9.17) is 5.10 Å². The summed E-state index contributed by atoms with van der Waals surface area (Å²) in [5.74, 6) is 0. The van der Waals surface area contributed by atoms with Gasteiger partial charge in [0.25, 0.3) is 0 Å². The Bertz CT molecular complexity index is 626. The zero-order valence-corrected chi connectivity index (χ0v) is 13.2. The van der Waals surface area contributed by atoms with Crippen LogP contribution in [0.15, 0.2) is 18.3 Å². The molecule has 0 atom stereocenters. The van der Waals surface area contributed by atoms with E-state index in [1.54, 1.807) is 0 Å². The number of rotatable bonds is 6. The van der Waals surface area contributed by atoms with Gasteiger partial charge in [-0.05, 0) is 44.7 Å². The van der Waals surface area contributed by atoms with E-state index in [0.29, 0.717) is 6.04 Å². The first-order chi connectivity index (χ1) is 10.2. The van der Waals surface area contributed by atoms with Gasteiger partial charge in [-0.2, -0.15) is 5.10 Å². The van der Waals surface area contributed by atoms with Crippen LogP contribution >= 0.6 is 0 Å². The molecule has 0 unspecified atom stereocenters. The second-order valence-corrected chi connectivity index (χ2v) is 5.86. The first kappa shape index (κ1) is 14.3. The topological polar surface area (TPSA) is 42.7 Å². The molecule has 3 rings (SSSR count). The molecular weight excluding hydrogens is 260 g/mol. The molecule has 1 aliphatic rings. The molecule has 0 radical (unpaired) electrons. The molecule has 21 heavy (non-hydrogen) atoms. The van der Waals surface area contributed by atoms with Crippen LogP contribution < -0.4 is 5.32 Å². The Morgan fingerprint density at radius 2 is 2.05 bits per heavy atom. The van der Waals surface area contributed by atoms with Crippen LogP contribution in [-0.4, -0.2) is 20.8 Å². The molecule has 0 saturated heterocycles. The number of hydrogen-bond acceptors (Lipinski definition) is 3. The van der Waals surface area contributed by atoms with Crippen LogP contribution in [0.3, 0.4) is 0 Å². The van der Waals surface area contributed by atoms with Gasteiger partial charge in [0, 0.05) is 35.7 Å². The molecule has 4 nitrogen and oxygen atoms in total. The zero-order valence-electron chi connectivity index (χ0n) is 13.2. The van der Waals surface area contributed by atoms with E-state index in [1.165, 1.54) is 29.8 Å². The predicted octanol–water partition coefficient (Wildman–Crippen LogP) is 2.95. The molecule has 0 aromatic carbocycles. The van der Waals surface area contributed by atoms with Gasteiger partial charge in [0.2, 0.25) is 0 Å². The van der Waals surface area contributed by atoms with Crippen molar-refractivity contribution < 1.29 is 0 Å². The van der Waals surface area contributed by atoms with E-state index < -0.39 is 0 Å². The van der Waals surface area contributed by atoms with E-state index in [9.17, 15) is 0 Å². The fraction of sp³-hybridized carbons (Fsp3) is 0.529. The molecule has 0 bridgehead atoms. The molecule has 1 aliphatic carbocycles. The van der Waals surface area contributed by atoms with Gasteiger partial charge in [-0.3, -0.25) is 4.98 Å². The van der Waals surface area contributed by atoms with Crippen LogP contribution in [-0.2, 0) is 19.4 Å². The summed E-state index contributed by atoms with van der Waals surface area (Å²) in [5.41, 5.74) is 5.86. The Balaban J connectivity index is 1.98. The molecule has 2 heterocycles. The largest absolute Gasteiger partial charge is 0.310 e. The van der Waals surface area contributed by atoms with Crippen molar-refractivity contribution in [1.29, 1.82) is 0 Å². The summed E-state index contributed by atoms with van der Waals surface area (Å²) in [4.78, 5) is 4.46. The SMILES string of the molecule is CCc1cc(CC)n(-c2cc(C)ncc2CNC2CC2)n1. The fourth-order valence-electron chi connectivity index (χ4n) is 2.56. The molecule has 2 aromatic rings. The number of aromatic nitrogens is 3. The van der Waals surface area contributed by atoms with Crippen LogP contribution in [0, 0.1) is 6.92 Å². The van der Waals surface area contributed by atoms with E-state index in [1.807, 2.05) is 13.1 Å². The van der Waals surface area contributed by atoms with Crippen molar-refractivity contribution in [1.82, 2.24) is 20.1 Å². The number of pyridine rings is 1. The van der Waals surface area contributed by atoms with E-state index in [0.717, 1.165) is 30.8 Å². The van der Waals surface area contributed by atoms with Gasteiger partial charge in [0.05, 0.1) is 11.4 Å². The molecule has 1 fully saturated rings. The minimum Gasteiger partial charge on any atom is -0.310 e. The monoisotopic (exact) mass is 284 g/mol. The highest BCUT2D eigenvalue weighted by Crippen LogP contribution is 2.22. The summed E-state index contributed by atoms with van der Waals surface area (Å²) in [7, 11) is 0. The van der Waals surface area contributed by atoms with Gasteiger partial charge in [-0.25, -0.2) is 4.68 Å². The standard InChI is InChI=1S/C17H24N4/c1-4-14-9-16(5-2)21(20-14)17-8-12(3)18-10-13(17)11-19-15-6-7-15/h8-10,15,19H,4-7,11H2,1-3H3. The van der Waals surface area contributed by atoms with E-state index >= 15 is 0 Å². The summed E-state index contributed by atoms with van der Waals surface area (Å²) in [6, 6.07) is 5.07.